The van der Waals surface area contributed by atoms with Crippen LogP contribution in [0.5, 0.6) is 0 Å². The number of rotatable bonds is 2. The predicted octanol–water partition coefficient (Wildman–Crippen LogP) is 2.72. The monoisotopic (exact) mass is 248 g/mol. The third-order valence-corrected chi connectivity index (χ3v) is 5.60. The molecule has 2 N–H and O–H groups in total. The van der Waals surface area contributed by atoms with Crippen LogP contribution in [0.1, 0.15) is 42.9 Å². The van der Waals surface area contributed by atoms with Crippen LogP contribution >= 0.6 is 11.8 Å². The highest BCUT2D eigenvalue weighted by atomic mass is 32.2. The van der Waals surface area contributed by atoms with Crippen molar-refractivity contribution in [2.45, 2.75) is 49.3 Å². The van der Waals surface area contributed by atoms with Crippen molar-refractivity contribution < 1.29 is 0 Å². The molecule has 2 heterocycles. The van der Waals surface area contributed by atoms with E-state index in [1.807, 2.05) is 6.20 Å². The highest BCUT2D eigenvalue weighted by Crippen LogP contribution is 2.38. The fraction of sp³-hybridized carbons (Fsp3) is 0.643. The third kappa shape index (κ3) is 2.23. The molecular weight excluding hydrogens is 228 g/mol. The Hall–Kier alpha value is -0.540. The van der Waals surface area contributed by atoms with E-state index < -0.39 is 0 Å². The molecule has 0 aromatic carbocycles. The van der Waals surface area contributed by atoms with Crippen LogP contribution in [0.4, 0.5) is 0 Å². The molecule has 0 saturated carbocycles. The number of nitrogens with two attached hydrogens (primary N) is 1. The van der Waals surface area contributed by atoms with Gasteiger partial charge in [0.25, 0.3) is 0 Å². The molecule has 0 spiro atoms. The number of nitrogens with zero attached hydrogens (tertiary/aromatic N) is 1. The highest BCUT2D eigenvalue weighted by molar-refractivity contribution is 8.00. The molecule has 1 aromatic heterocycles. The number of fused-ring (bicyclic) bond motifs is 1. The lowest BCUT2D eigenvalue weighted by atomic mass is 9.80. The Morgan fingerprint density at radius 2 is 2.29 bits per heavy atom. The summed E-state index contributed by atoms with van der Waals surface area (Å²) < 4.78 is 0. The Morgan fingerprint density at radius 1 is 1.35 bits per heavy atom. The van der Waals surface area contributed by atoms with E-state index in [0.29, 0.717) is 17.2 Å². The maximum atomic E-state index is 6.51. The number of hydrogen-bond acceptors (Lipinski definition) is 3. The predicted molar refractivity (Wildman–Crippen MR) is 73.4 cm³/mol. The largest absolute Gasteiger partial charge is 0.326 e. The average molecular weight is 248 g/mol. The van der Waals surface area contributed by atoms with Crippen LogP contribution in [0.15, 0.2) is 18.3 Å². The second-order valence-corrected chi connectivity index (χ2v) is 6.52. The number of aryl methyl sites for hydroxylation is 1. The van der Waals surface area contributed by atoms with E-state index >= 15 is 0 Å². The zero-order valence-electron chi connectivity index (χ0n) is 10.1. The summed E-state index contributed by atoms with van der Waals surface area (Å²) in [5.74, 6) is 1.79. The van der Waals surface area contributed by atoms with Crippen molar-refractivity contribution in [3.05, 3.63) is 29.6 Å². The number of pyridine rings is 1. The van der Waals surface area contributed by atoms with Gasteiger partial charge in [-0.1, -0.05) is 6.07 Å². The van der Waals surface area contributed by atoms with Crippen molar-refractivity contribution in [3.8, 4) is 0 Å². The Balaban J connectivity index is 1.84. The van der Waals surface area contributed by atoms with E-state index in [-0.39, 0.29) is 0 Å². The van der Waals surface area contributed by atoms with Gasteiger partial charge in [-0.2, -0.15) is 11.8 Å². The van der Waals surface area contributed by atoms with Crippen molar-refractivity contribution in [1.29, 1.82) is 0 Å². The number of thioether (sulfide) groups is 1. The summed E-state index contributed by atoms with van der Waals surface area (Å²) >= 11 is 2.07. The first-order valence-electron chi connectivity index (χ1n) is 6.67. The standard InChI is InChI=1S/C14H20N2S/c15-13(12-7-3-9-17-12)11-6-1-4-10-5-2-8-16-14(10)11/h2,5,8,11-13H,1,3-4,6-7,9,15H2. The van der Waals surface area contributed by atoms with Gasteiger partial charge in [0, 0.05) is 29.1 Å². The van der Waals surface area contributed by atoms with Gasteiger partial charge >= 0.3 is 0 Å². The Morgan fingerprint density at radius 3 is 3.12 bits per heavy atom. The van der Waals surface area contributed by atoms with Gasteiger partial charge < -0.3 is 5.73 Å². The average Bonchev–Trinajstić information content (AvgIpc) is 2.91. The summed E-state index contributed by atoms with van der Waals surface area (Å²) in [6.07, 6.45) is 8.24. The lowest BCUT2D eigenvalue weighted by molar-refractivity contribution is 0.436. The minimum atomic E-state index is 0.302. The molecule has 2 nitrogen and oxygen atoms in total. The molecule has 3 rings (SSSR count). The molecular formula is C14H20N2S. The van der Waals surface area contributed by atoms with Gasteiger partial charge in [-0.3, -0.25) is 4.98 Å². The van der Waals surface area contributed by atoms with E-state index in [4.69, 9.17) is 5.73 Å². The van der Waals surface area contributed by atoms with E-state index in [2.05, 4.69) is 28.9 Å². The first kappa shape index (κ1) is 11.5. The van der Waals surface area contributed by atoms with E-state index in [0.717, 1.165) is 0 Å². The maximum absolute atomic E-state index is 6.51. The third-order valence-electron chi connectivity index (χ3n) is 4.10. The van der Waals surface area contributed by atoms with Crippen molar-refractivity contribution in [2.24, 2.45) is 5.73 Å². The van der Waals surface area contributed by atoms with Crippen LogP contribution in [-0.4, -0.2) is 22.0 Å². The quantitative estimate of drug-likeness (QED) is 0.874. The van der Waals surface area contributed by atoms with Crippen LogP contribution in [0.2, 0.25) is 0 Å². The van der Waals surface area contributed by atoms with Crippen molar-refractivity contribution >= 4 is 11.8 Å². The second-order valence-electron chi connectivity index (χ2n) is 5.18. The fourth-order valence-corrected chi connectivity index (χ4v) is 4.57. The SMILES string of the molecule is NC(C1CCCS1)C1CCCc2cccnc21. The van der Waals surface area contributed by atoms with Gasteiger partial charge in [-0.05, 0) is 49.5 Å². The lowest BCUT2D eigenvalue weighted by Crippen LogP contribution is -2.39. The molecule has 1 aromatic rings. The lowest BCUT2D eigenvalue weighted by Gasteiger charge is -2.32. The molecule has 3 heteroatoms. The Kier molecular flexibility index (Phi) is 3.39. The van der Waals surface area contributed by atoms with Gasteiger partial charge in [0.15, 0.2) is 0 Å². The molecule has 3 unspecified atom stereocenters. The first-order chi connectivity index (χ1) is 8.36. The van der Waals surface area contributed by atoms with Crippen molar-refractivity contribution in [1.82, 2.24) is 4.98 Å². The second kappa shape index (κ2) is 4.99. The molecule has 1 saturated heterocycles. The number of hydrogen-bond donors (Lipinski definition) is 1. The minimum absolute atomic E-state index is 0.302. The molecule has 1 fully saturated rings. The van der Waals surface area contributed by atoms with Gasteiger partial charge in [0.05, 0.1) is 0 Å². The van der Waals surface area contributed by atoms with Crippen molar-refractivity contribution in [2.75, 3.05) is 5.75 Å². The van der Waals surface area contributed by atoms with E-state index in [9.17, 15) is 0 Å². The highest BCUT2D eigenvalue weighted by Gasteiger charge is 2.33. The van der Waals surface area contributed by atoms with Gasteiger partial charge in [-0.25, -0.2) is 0 Å². The zero-order chi connectivity index (χ0) is 11.7. The normalized spacial score (nSPS) is 29.9. The Bertz CT molecular complexity index is 388. The van der Waals surface area contributed by atoms with E-state index in [1.54, 1.807) is 0 Å². The molecule has 0 amide bonds. The van der Waals surface area contributed by atoms with Gasteiger partial charge in [0.2, 0.25) is 0 Å². The molecule has 0 radical (unpaired) electrons. The van der Waals surface area contributed by atoms with Crippen molar-refractivity contribution in [3.63, 3.8) is 0 Å². The number of aromatic nitrogens is 1. The first-order valence-corrected chi connectivity index (χ1v) is 7.72. The van der Waals surface area contributed by atoms with Gasteiger partial charge in [0.1, 0.15) is 0 Å². The summed E-state index contributed by atoms with van der Waals surface area (Å²) in [6.45, 7) is 0. The molecule has 92 valence electrons. The molecule has 17 heavy (non-hydrogen) atoms. The molecule has 1 aliphatic heterocycles. The topological polar surface area (TPSA) is 38.9 Å². The summed E-state index contributed by atoms with van der Waals surface area (Å²) in [4.78, 5) is 4.60. The molecule has 1 aliphatic carbocycles. The molecule has 3 atom stereocenters. The minimum Gasteiger partial charge on any atom is -0.326 e. The smallest absolute Gasteiger partial charge is 0.0482 e. The van der Waals surface area contributed by atoms with Crippen LogP contribution in [0, 0.1) is 0 Å². The van der Waals surface area contributed by atoms with Crippen LogP contribution in [-0.2, 0) is 6.42 Å². The zero-order valence-corrected chi connectivity index (χ0v) is 11.0. The maximum Gasteiger partial charge on any atom is 0.0482 e. The Labute approximate surface area is 107 Å². The van der Waals surface area contributed by atoms with Crippen LogP contribution in [0.25, 0.3) is 0 Å². The van der Waals surface area contributed by atoms with E-state index in [1.165, 1.54) is 49.1 Å². The van der Waals surface area contributed by atoms with Crippen LogP contribution < -0.4 is 5.73 Å². The molecule has 0 bridgehead atoms. The summed E-state index contributed by atoms with van der Waals surface area (Å²) in [6, 6.07) is 4.58. The summed E-state index contributed by atoms with van der Waals surface area (Å²) in [5, 5.41) is 0.660. The fourth-order valence-electron chi connectivity index (χ4n) is 3.19. The summed E-state index contributed by atoms with van der Waals surface area (Å²) in [7, 11) is 0. The van der Waals surface area contributed by atoms with Crippen LogP contribution in [0.3, 0.4) is 0 Å². The van der Waals surface area contributed by atoms with Gasteiger partial charge in [-0.15, -0.1) is 0 Å². The molecule has 2 aliphatic rings. The summed E-state index contributed by atoms with van der Waals surface area (Å²) in [5.41, 5.74) is 9.23.